The Labute approximate surface area is 314 Å². The van der Waals surface area contributed by atoms with Gasteiger partial charge in [0.25, 0.3) is 0 Å². The molecule has 6 rings (SSSR count). The predicted octanol–water partition coefficient (Wildman–Crippen LogP) is 6.48. The molecule has 10 nitrogen and oxygen atoms in total. The highest BCUT2D eigenvalue weighted by molar-refractivity contribution is 7.09. The summed E-state index contributed by atoms with van der Waals surface area (Å²) in [6, 6.07) is 5.41. The molecule has 4 atom stereocenters. The number of benzene rings is 1. The first-order valence-corrected chi connectivity index (χ1v) is 19.8. The number of halogens is 2. The summed E-state index contributed by atoms with van der Waals surface area (Å²) in [7, 11) is 2.55. The number of carbonyl (C=O) groups is 3. The number of amides is 1. The Morgan fingerprint density at radius 3 is 2.29 bits per heavy atom. The second-order valence-corrected chi connectivity index (χ2v) is 16.1. The van der Waals surface area contributed by atoms with E-state index in [1.165, 1.54) is 25.6 Å². The predicted molar refractivity (Wildman–Crippen MR) is 198 cm³/mol. The summed E-state index contributed by atoms with van der Waals surface area (Å²) in [5.74, 6) is -2.81. The van der Waals surface area contributed by atoms with E-state index in [0.29, 0.717) is 55.1 Å². The topological polar surface area (TPSA) is 122 Å². The molecule has 0 radical (unpaired) electrons. The summed E-state index contributed by atoms with van der Waals surface area (Å²) in [6.45, 7) is 4.78. The molecule has 2 saturated carbocycles. The highest BCUT2D eigenvalue weighted by Crippen LogP contribution is 2.53. The maximum absolute atomic E-state index is 14.1. The lowest BCUT2D eigenvalue weighted by Crippen LogP contribution is -2.56. The molecular formula is C38H48Cl2N4O6S. The number of hydrogen-bond acceptors (Lipinski definition) is 10. The van der Waals surface area contributed by atoms with Crippen molar-refractivity contribution < 1.29 is 29.0 Å². The molecule has 0 spiro atoms. The van der Waals surface area contributed by atoms with Gasteiger partial charge >= 0.3 is 11.9 Å². The van der Waals surface area contributed by atoms with Gasteiger partial charge in [-0.05, 0) is 68.1 Å². The molecule has 2 aliphatic carbocycles. The molecule has 1 aromatic heterocycles. The molecule has 13 heteroatoms. The van der Waals surface area contributed by atoms with Gasteiger partial charge in [0.1, 0.15) is 5.92 Å². The Bertz CT molecular complexity index is 1620. The van der Waals surface area contributed by atoms with Crippen LogP contribution in [0.1, 0.15) is 81.2 Å². The summed E-state index contributed by atoms with van der Waals surface area (Å²) in [6.07, 6.45) is 9.68. The van der Waals surface area contributed by atoms with Crippen LogP contribution in [0, 0.1) is 17.8 Å². The first-order chi connectivity index (χ1) is 24.6. The fourth-order valence-electron chi connectivity index (χ4n) is 9.06. The van der Waals surface area contributed by atoms with Crippen LogP contribution in [0.2, 0.25) is 10.0 Å². The van der Waals surface area contributed by atoms with Gasteiger partial charge in [-0.1, -0.05) is 49.0 Å². The minimum absolute atomic E-state index is 0.0705. The molecule has 1 aromatic carbocycles. The van der Waals surface area contributed by atoms with Crippen molar-refractivity contribution in [1.82, 2.24) is 14.8 Å². The number of methoxy groups -OCH3 is 2. The maximum Gasteiger partial charge on any atom is 0.336 e. The molecule has 3 fully saturated rings. The smallest absolute Gasteiger partial charge is 0.336 e. The van der Waals surface area contributed by atoms with Gasteiger partial charge < -0.3 is 19.5 Å². The molecular weight excluding hydrogens is 711 g/mol. The van der Waals surface area contributed by atoms with Crippen LogP contribution in [0.25, 0.3) is 0 Å². The first kappa shape index (κ1) is 37.9. The van der Waals surface area contributed by atoms with Crippen molar-refractivity contribution in [2.75, 3.05) is 40.4 Å². The number of carbonyl (C=O) groups excluding carboxylic acids is 3. The Morgan fingerprint density at radius 2 is 1.71 bits per heavy atom. The highest BCUT2D eigenvalue weighted by Gasteiger charge is 2.53. The van der Waals surface area contributed by atoms with E-state index in [9.17, 15) is 19.5 Å². The van der Waals surface area contributed by atoms with Gasteiger partial charge in [0, 0.05) is 71.9 Å². The van der Waals surface area contributed by atoms with E-state index in [1.807, 2.05) is 10.3 Å². The maximum atomic E-state index is 14.1. The summed E-state index contributed by atoms with van der Waals surface area (Å²) in [5, 5.41) is 14.9. The molecule has 1 N–H and O–H groups in total. The van der Waals surface area contributed by atoms with Crippen LogP contribution in [0.15, 0.2) is 46.0 Å². The molecule has 4 unspecified atom stereocenters. The Morgan fingerprint density at radius 1 is 1.02 bits per heavy atom. The third-order valence-corrected chi connectivity index (χ3v) is 13.2. The summed E-state index contributed by atoms with van der Waals surface area (Å²) < 4.78 is 10.6. The zero-order chi connectivity index (χ0) is 36.3. The van der Waals surface area contributed by atoms with Gasteiger partial charge in [0.15, 0.2) is 0 Å². The van der Waals surface area contributed by atoms with E-state index in [0.717, 1.165) is 63.0 Å². The number of aliphatic imine (C=N–C) groups is 1. The zero-order valence-corrected chi connectivity index (χ0v) is 31.9. The van der Waals surface area contributed by atoms with Gasteiger partial charge in [-0.25, -0.2) is 9.78 Å². The molecule has 51 heavy (non-hydrogen) atoms. The van der Waals surface area contributed by atoms with E-state index in [4.69, 9.17) is 37.7 Å². The number of thiazole rings is 1. The standard InChI is InChI=1S/C38H48Cl2N4O6S/c1-4-5-13-38(48)23-9-10-24(38)21-25(20-23)43-15-17-44(18-16-43)31(45)22-29-34(37(47)50-3)35(32-26(39)7-6-8-27(32)40)33(36(46)49-2)28(42-29)11-12-30-41-14-19-51-30/h6-8,14,19,23-25,33,35,48H,4-5,9-13,15-18,20-22H2,1-3H3. The Kier molecular flexibility index (Phi) is 12.2. The van der Waals surface area contributed by atoms with E-state index >= 15 is 0 Å². The van der Waals surface area contributed by atoms with Crippen molar-refractivity contribution in [3.05, 3.63) is 61.7 Å². The lowest BCUT2D eigenvalue weighted by Gasteiger charge is -2.48. The number of hydrogen-bond donors (Lipinski definition) is 1. The number of esters is 2. The number of rotatable bonds is 12. The van der Waals surface area contributed by atoms with Gasteiger partial charge in [0.05, 0.1) is 42.5 Å². The van der Waals surface area contributed by atoms with E-state index in [1.54, 1.807) is 24.4 Å². The number of nitrogens with zero attached hydrogens (tertiary/aromatic N) is 4. The molecule has 1 saturated heterocycles. The number of aryl methyl sites for hydroxylation is 1. The van der Waals surface area contributed by atoms with Gasteiger partial charge in [0.2, 0.25) is 5.91 Å². The van der Waals surface area contributed by atoms with Gasteiger partial charge in [-0.2, -0.15) is 0 Å². The lowest BCUT2D eigenvalue weighted by atomic mass is 9.69. The molecule has 276 valence electrons. The van der Waals surface area contributed by atoms with E-state index < -0.39 is 29.4 Å². The van der Waals surface area contributed by atoms with Gasteiger partial charge in [-0.3, -0.25) is 19.5 Å². The minimum atomic E-state index is -1.03. The van der Waals surface area contributed by atoms with Crippen molar-refractivity contribution in [2.24, 2.45) is 22.7 Å². The van der Waals surface area contributed by atoms with Crippen molar-refractivity contribution in [1.29, 1.82) is 0 Å². The van der Waals surface area contributed by atoms with Crippen LogP contribution < -0.4 is 0 Å². The lowest BCUT2D eigenvalue weighted by molar-refractivity contribution is -0.143. The number of fused-ring (bicyclic) bond motifs is 2. The average Bonchev–Trinajstić information content (AvgIpc) is 3.69. The highest BCUT2D eigenvalue weighted by atomic mass is 35.5. The first-order valence-electron chi connectivity index (χ1n) is 18.1. The largest absolute Gasteiger partial charge is 0.468 e. The average molecular weight is 760 g/mol. The summed E-state index contributed by atoms with van der Waals surface area (Å²) in [4.78, 5) is 55.0. The van der Waals surface area contributed by atoms with Crippen LogP contribution in [-0.2, 0) is 30.3 Å². The number of aliphatic hydroxyl groups is 1. The molecule has 2 aliphatic heterocycles. The van der Waals surface area contributed by atoms with Crippen molar-refractivity contribution in [2.45, 2.75) is 88.7 Å². The molecule has 4 aliphatic rings. The Balaban J connectivity index is 1.25. The molecule has 1 amide bonds. The normalized spacial score (nSPS) is 28.1. The molecule has 2 aromatic rings. The van der Waals surface area contributed by atoms with Crippen molar-refractivity contribution in [3.63, 3.8) is 0 Å². The molecule has 2 bridgehead atoms. The fourth-order valence-corrected chi connectivity index (χ4v) is 10.3. The number of ether oxygens (including phenoxy) is 2. The number of unbranched alkanes of at least 4 members (excludes halogenated alkanes) is 1. The van der Waals surface area contributed by atoms with Crippen molar-refractivity contribution >= 4 is 58.1 Å². The van der Waals surface area contributed by atoms with E-state index in [2.05, 4.69) is 16.8 Å². The zero-order valence-electron chi connectivity index (χ0n) is 29.6. The molecule has 3 heterocycles. The van der Waals surface area contributed by atoms with Crippen LogP contribution in [-0.4, -0.2) is 95.5 Å². The second-order valence-electron chi connectivity index (χ2n) is 14.3. The third-order valence-electron chi connectivity index (χ3n) is 11.7. The van der Waals surface area contributed by atoms with Crippen LogP contribution >= 0.6 is 34.5 Å². The summed E-state index contributed by atoms with van der Waals surface area (Å²) >= 11 is 15.0. The van der Waals surface area contributed by atoms with E-state index in [-0.39, 0.29) is 33.6 Å². The van der Waals surface area contributed by atoms with Crippen LogP contribution in [0.4, 0.5) is 0 Å². The second kappa shape index (κ2) is 16.5. The van der Waals surface area contributed by atoms with Crippen LogP contribution in [0.5, 0.6) is 0 Å². The Hall–Kier alpha value is -2.83. The monoisotopic (exact) mass is 758 g/mol. The third kappa shape index (κ3) is 7.79. The number of piperazine rings is 1. The van der Waals surface area contributed by atoms with Gasteiger partial charge in [-0.15, -0.1) is 11.3 Å². The summed E-state index contributed by atoms with van der Waals surface area (Å²) in [5.41, 5.74) is 0.624. The fraction of sp³-hybridized carbons (Fsp3) is 0.605. The quantitative estimate of drug-likeness (QED) is 0.244. The van der Waals surface area contributed by atoms with Crippen LogP contribution in [0.3, 0.4) is 0 Å². The SMILES string of the molecule is CCCCC1(O)C2CCC1CC(N1CCN(C(=O)CC3=C(C(=O)OC)C(c4c(Cl)cccc4Cl)C(C(=O)OC)C(CCc4nccs4)=N3)CC1)C2. The minimum Gasteiger partial charge on any atom is -0.468 e. The van der Waals surface area contributed by atoms with Crippen molar-refractivity contribution in [3.8, 4) is 0 Å². The number of aromatic nitrogens is 1.